The molecule has 0 aromatic heterocycles. The molecule has 2 rings (SSSR count). The van der Waals surface area contributed by atoms with Crippen molar-refractivity contribution in [2.24, 2.45) is 0 Å². The van der Waals surface area contributed by atoms with E-state index in [0.717, 1.165) is 25.2 Å². The van der Waals surface area contributed by atoms with E-state index in [4.69, 9.17) is 5.73 Å². The second-order valence-corrected chi connectivity index (χ2v) is 5.56. The van der Waals surface area contributed by atoms with Crippen LogP contribution in [-0.2, 0) is 13.0 Å². The minimum absolute atomic E-state index is 0.604. The zero-order valence-electron chi connectivity index (χ0n) is 12.4. The molecule has 0 aliphatic rings. The fourth-order valence-corrected chi connectivity index (χ4v) is 2.17. The Morgan fingerprint density at radius 3 is 2.10 bits per heavy atom. The molecule has 0 fully saturated rings. The molecule has 2 aromatic carbocycles. The first-order chi connectivity index (χ1) is 9.65. The molecule has 3 N–H and O–H groups in total. The third-order valence-corrected chi connectivity index (χ3v) is 3.55. The summed E-state index contributed by atoms with van der Waals surface area (Å²) in [4.78, 5) is 0. The molecule has 20 heavy (non-hydrogen) atoms. The van der Waals surface area contributed by atoms with Gasteiger partial charge in [0.2, 0.25) is 0 Å². The largest absolute Gasteiger partial charge is 0.399 e. The van der Waals surface area contributed by atoms with E-state index in [2.05, 4.69) is 55.6 Å². The highest BCUT2D eigenvalue weighted by molar-refractivity contribution is 5.39. The molecule has 0 spiro atoms. The topological polar surface area (TPSA) is 38.0 Å². The van der Waals surface area contributed by atoms with Crippen LogP contribution in [0.5, 0.6) is 0 Å². The van der Waals surface area contributed by atoms with Gasteiger partial charge in [0.05, 0.1) is 0 Å². The first-order valence-corrected chi connectivity index (χ1v) is 7.29. The summed E-state index contributed by atoms with van der Waals surface area (Å²) in [6.07, 6.45) is 1.06. The monoisotopic (exact) mass is 268 g/mol. The lowest BCUT2D eigenvalue weighted by Crippen LogP contribution is -2.16. The first kappa shape index (κ1) is 14.6. The molecule has 0 saturated heterocycles. The predicted octanol–water partition coefficient (Wildman–Crippen LogP) is 3.72. The van der Waals surface area contributed by atoms with Gasteiger partial charge in [-0.25, -0.2) is 0 Å². The summed E-state index contributed by atoms with van der Waals surface area (Å²) in [5.41, 5.74) is 10.6. The highest BCUT2D eigenvalue weighted by Gasteiger charge is 1.99. The Labute approximate surface area is 122 Å². The van der Waals surface area contributed by atoms with Gasteiger partial charge in [0.1, 0.15) is 0 Å². The minimum Gasteiger partial charge on any atom is -0.399 e. The van der Waals surface area contributed by atoms with Crippen LogP contribution in [0.4, 0.5) is 5.69 Å². The normalized spacial score (nSPS) is 10.9. The second-order valence-electron chi connectivity index (χ2n) is 5.56. The van der Waals surface area contributed by atoms with Gasteiger partial charge in [-0.1, -0.05) is 50.2 Å². The molecule has 0 heterocycles. The highest BCUT2D eigenvalue weighted by Crippen LogP contribution is 2.14. The summed E-state index contributed by atoms with van der Waals surface area (Å²) < 4.78 is 0. The summed E-state index contributed by atoms with van der Waals surface area (Å²) in [5, 5.41) is 3.47. The van der Waals surface area contributed by atoms with E-state index in [1.165, 1.54) is 16.7 Å². The molecule has 0 unspecified atom stereocenters. The number of nitrogens with two attached hydrogens (primary N) is 1. The quantitative estimate of drug-likeness (QED) is 0.619. The van der Waals surface area contributed by atoms with E-state index in [1.54, 1.807) is 0 Å². The lowest BCUT2D eigenvalue weighted by atomic mass is 10.0. The van der Waals surface area contributed by atoms with Crippen LogP contribution >= 0.6 is 0 Å². The van der Waals surface area contributed by atoms with Crippen molar-refractivity contribution in [3.8, 4) is 0 Å². The number of anilines is 1. The van der Waals surface area contributed by atoms with Crippen molar-refractivity contribution in [1.82, 2.24) is 5.32 Å². The summed E-state index contributed by atoms with van der Waals surface area (Å²) in [6.45, 7) is 6.34. The number of nitrogen functional groups attached to an aromatic ring is 1. The smallest absolute Gasteiger partial charge is 0.0314 e. The molecular weight excluding hydrogens is 244 g/mol. The average Bonchev–Trinajstić information content (AvgIpc) is 2.46. The van der Waals surface area contributed by atoms with Gasteiger partial charge >= 0.3 is 0 Å². The van der Waals surface area contributed by atoms with Crippen LogP contribution in [0.2, 0.25) is 0 Å². The number of nitrogens with one attached hydrogen (secondary N) is 1. The Balaban J connectivity index is 1.74. The SMILES string of the molecule is CC(C)c1ccc(CCNCc2ccc(N)cc2)cc1. The van der Waals surface area contributed by atoms with Crippen LogP contribution in [0.1, 0.15) is 36.5 Å². The van der Waals surface area contributed by atoms with Gasteiger partial charge in [-0.05, 0) is 47.7 Å². The van der Waals surface area contributed by atoms with Crippen LogP contribution in [0.15, 0.2) is 48.5 Å². The molecule has 2 nitrogen and oxygen atoms in total. The third kappa shape index (κ3) is 4.39. The van der Waals surface area contributed by atoms with Crippen LogP contribution in [0, 0.1) is 0 Å². The zero-order valence-corrected chi connectivity index (χ0v) is 12.4. The van der Waals surface area contributed by atoms with Crippen molar-refractivity contribution < 1.29 is 0 Å². The number of benzene rings is 2. The summed E-state index contributed by atoms with van der Waals surface area (Å²) >= 11 is 0. The molecule has 0 radical (unpaired) electrons. The third-order valence-electron chi connectivity index (χ3n) is 3.55. The van der Waals surface area contributed by atoms with Crippen molar-refractivity contribution >= 4 is 5.69 Å². The molecular formula is C18H24N2. The highest BCUT2D eigenvalue weighted by atomic mass is 14.8. The first-order valence-electron chi connectivity index (χ1n) is 7.29. The Hall–Kier alpha value is -1.80. The fourth-order valence-electron chi connectivity index (χ4n) is 2.17. The Kier molecular flexibility index (Phi) is 5.19. The molecule has 2 heteroatoms. The predicted molar refractivity (Wildman–Crippen MR) is 86.8 cm³/mol. The number of hydrogen-bond acceptors (Lipinski definition) is 2. The van der Waals surface area contributed by atoms with Crippen molar-refractivity contribution in [2.75, 3.05) is 12.3 Å². The van der Waals surface area contributed by atoms with Crippen LogP contribution < -0.4 is 11.1 Å². The van der Waals surface area contributed by atoms with Gasteiger partial charge in [0.15, 0.2) is 0 Å². The van der Waals surface area contributed by atoms with Crippen molar-refractivity contribution in [1.29, 1.82) is 0 Å². The van der Waals surface area contributed by atoms with Crippen LogP contribution in [0.25, 0.3) is 0 Å². The lowest BCUT2D eigenvalue weighted by molar-refractivity contribution is 0.687. The van der Waals surface area contributed by atoms with Gasteiger partial charge in [0, 0.05) is 12.2 Å². The van der Waals surface area contributed by atoms with E-state index in [-0.39, 0.29) is 0 Å². The second kappa shape index (κ2) is 7.11. The van der Waals surface area contributed by atoms with Gasteiger partial charge < -0.3 is 11.1 Å². The maximum atomic E-state index is 5.67. The minimum atomic E-state index is 0.604. The molecule has 0 amide bonds. The van der Waals surface area contributed by atoms with E-state index in [0.29, 0.717) is 5.92 Å². The van der Waals surface area contributed by atoms with E-state index in [1.807, 2.05) is 12.1 Å². The maximum Gasteiger partial charge on any atom is 0.0314 e. The molecule has 2 aromatic rings. The average molecular weight is 268 g/mol. The van der Waals surface area contributed by atoms with E-state index in [9.17, 15) is 0 Å². The summed E-state index contributed by atoms with van der Waals surface area (Å²) in [6, 6.07) is 17.0. The lowest BCUT2D eigenvalue weighted by Gasteiger charge is -2.08. The standard InChI is InChI=1S/C18H24N2/c1-14(2)17-7-3-15(4-8-17)11-12-20-13-16-5-9-18(19)10-6-16/h3-10,14,20H,11-13,19H2,1-2H3. The fraction of sp³-hybridized carbons (Fsp3) is 0.333. The molecule has 106 valence electrons. The number of hydrogen-bond donors (Lipinski definition) is 2. The van der Waals surface area contributed by atoms with E-state index >= 15 is 0 Å². The van der Waals surface area contributed by atoms with Crippen LogP contribution in [0.3, 0.4) is 0 Å². The van der Waals surface area contributed by atoms with Crippen molar-refractivity contribution in [2.45, 2.75) is 32.7 Å². The molecule has 0 bridgehead atoms. The van der Waals surface area contributed by atoms with Gasteiger partial charge in [-0.2, -0.15) is 0 Å². The summed E-state index contributed by atoms with van der Waals surface area (Å²) in [5.74, 6) is 0.604. The van der Waals surface area contributed by atoms with Crippen LogP contribution in [-0.4, -0.2) is 6.54 Å². The zero-order chi connectivity index (χ0) is 14.4. The van der Waals surface area contributed by atoms with Gasteiger partial charge in [-0.15, -0.1) is 0 Å². The van der Waals surface area contributed by atoms with Gasteiger partial charge in [0.25, 0.3) is 0 Å². The Morgan fingerprint density at radius 1 is 0.900 bits per heavy atom. The Bertz CT molecular complexity index is 512. The molecule has 0 atom stereocenters. The number of rotatable bonds is 6. The molecule has 0 aliphatic heterocycles. The molecule has 0 saturated carbocycles. The summed E-state index contributed by atoms with van der Waals surface area (Å²) in [7, 11) is 0. The van der Waals surface area contributed by atoms with E-state index < -0.39 is 0 Å². The Morgan fingerprint density at radius 2 is 1.50 bits per heavy atom. The van der Waals surface area contributed by atoms with Crippen molar-refractivity contribution in [3.63, 3.8) is 0 Å². The maximum absolute atomic E-state index is 5.67. The van der Waals surface area contributed by atoms with Crippen molar-refractivity contribution in [3.05, 3.63) is 65.2 Å². The van der Waals surface area contributed by atoms with Gasteiger partial charge in [-0.3, -0.25) is 0 Å². The molecule has 0 aliphatic carbocycles.